The van der Waals surface area contributed by atoms with Gasteiger partial charge in [0.25, 0.3) is 0 Å². The summed E-state index contributed by atoms with van der Waals surface area (Å²) in [6.07, 6.45) is 11.3. The monoisotopic (exact) mass is 336 g/mol. The third-order valence-electron chi connectivity index (χ3n) is 6.05. The van der Waals surface area contributed by atoms with Crippen LogP contribution in [0.3, 0.4) is 0 Å². The van der Waals surface area contributed by atoms with Gasteiger partial charge in [0.05, 0.1) is 6.54 Å². The Morgan fingerprint density at radius 3 is 2.21 bits per heavy atom. The Bertz CT molecular complexity index is 436. The summed E-state index contributed by atoms with van der Waals surface area (Å²) in [5, 5.41) is 8.85. The van der Waals surface area contributed by atoms with Crippen molar-refractivity contribution >= 4 is 11.9 Å². The van der Waals surface area contributed by atoms with E-state index in [2.05, 4.69) is 16.0 Å². The van der Waals surface area contributed by atoms with E-state index in [1.54, 1.807) is 0 Å². The predicted octanol–water partition coefficient (Wildman–Crippen LogP) is 1.64. The molecule has 0 aromatic rings. The summed E-state index contributed by atoms with van der Waals surface area (Å²) in [7, 11) is 0. The minimum atomic E-state index is -0.220. The average Bonchev–Trinajstić information content (AvgIpc) is 2.55. The van der Waals surface area contributed by atoms with Crippen molar-refractivity contribution in [3.8, 4) is 0 Å². The highest BCUT2D eigenvalue weighted by Gasteiger charge is 2.39. The Hall–Kier alpha value is -1.30. The lowest BCUT2D eigenvalue weighted by molar-refractivity contribution is -0.122. The fourth-order valence-corrected chi connectivity index (χ4v) is 4.91. The number of urea groups is 1. The zero-order chi connectivity index (χ0) is 16.9. The van der Waals surface area contributed by atoms with Gasteiger partial charge in [-0.05, 0) is 50.4 Å². The summed E-state index contributed by atoms with van der Waals surface area (Å²) in [5.41, 5.74) is 6.13. The van der Waals surface area contributed by atoms with Crippen LogP contribution in [0.15, 0.2) is 0 Å². The van der Waals surface area contributed by atoms with E-state index in [0.29, 0.717) is 11.8 Å². The second-order valence-electron chi connectivity index (χ2n) is 7.94. The standard InChI is InChI=1S/C18H32N4O2/c19-14-9-12-5-4-6-13(10-14)17(12)22-16(23)11-20-18(24)21-15-7-2-1-3-8-15/h12-15,17H,1-11,19H2,(H,22,23)(H2,20,21,24). The SMILES string of the molecule is NC1CC2CCCC(C1)C2NC(=O)CNC(=O)NC1CCCCC1. The lowest BCUT2D eigenvalue weighted by atomic mass is 9.67. The van der Waals surface area contributed by atoms with E-state index < -0.39 is 0 Å². The Balaban J connectivity index is 1.40. The number of rotatable bonds is 4. The second kappa shape index (κ2) is 8.19. The first kappa shape index (κ1) is 17.5. The van der Waals surface area contributed by atoms with Crippen molar-refractivity contribution in [1.29, 1.82) is 0 Å². The molecular weight excluding hydrogens is 304 g/mol. The fourth-order valence-electron chi connectivity index (χ4n) is 4.91. The molecule has 2 atom stereocenters. The molecule has 6 heteroatoms. The molecule has 0 aliphatic heterocycles. The number of fused-ring (bicyclic) bond motifs is 2. The first-order valence-electron chi connectivity index (χ1n) is 9.71. The molecule has 0 spiro atoms. The maximum atomic E-state index is 12.2. The molecule has 0 aromatic heterocycles. The average molecular weight is 336 g/mol. The normalized spacial score (nSPS) is 33.5. The minimum Gasteiger partial charge on any atom is -0.351 e. The van der Waals surface area contributed by atoms with Gasteiger partial charge in [0.1, 0.15) is 0 Å². The lowest BCUT2D eigenvalue weighted by Gasteiger charge is -2.45. The summed E-state index contributed by atoms with van der Waals surface area (Å²) >= 11 is 0. The largest absolute Gasteiger partial charge is 0.351 e. The highest BCUT2D eigenvalue weighted by Crippen LogP contribution is 2.39. The lowest BCUT2D eigenvalue weighted by Crippen LogP contribution is -2.55. The van der Waals surface area contributed by atoms with E-state index in [9.17, 15) is 9.59 Å². The molecule has 5 N–H and O–H groups in total. The van der Waals surface area contributed by atoms with Gasteiger partial charge in [-0.15, -0.1) is 0 Å². The number of nitrogens with two attached hydrogens (primary N) is 1. The van der Waals surface area contributed by atoms with Gasteiger partial charge >= 0.3 is 6.03 Å². The molecule has 2 bridgehead atoms. The molecule has 6 nitrogen and oxygen atoms in total. The second-order valence-corrected chi connectivity index (χ2v) is 7.94. The number of hydrogen-bond donors (Lipinski definition) is 4. The van der Waals surface area contributed by atoms with Gasteiger partial charge < -0.3 is 21.7 Å². The van der Waals surface area contributed by atoms with Crippen LogP contribution in [0, 0.1) is 11.8 Å². The van der Waals surface area contributed by atoms with E-state index >= 15 is 0 Å². The van der Waals surface area contributed by atoms with Gasteiger partial charge in [-0.2, -0.15) is 0 Å². The van der Waals surface area contributed by atoms with E-state index in [0.717, 1.165) is 38.5 Å². The van der Waals surface area contributed by atoms with Gasteiger partial charge in [-0.3, -0.25) is 4.79 Å². The molecule has 2 unspecified atom stereocenters. The molecular formula is C18H32N4O2. The summed E-state index contributed by atoms with van der Waals surface area (Å²) < 4.78 is 0. The molecule has 3 aliphatic carbocycles. The molecule has 0 saturated heterocycles. The number of amides is 3. The molecule has 24 heavy (non-hydrogen) atoms. The first-order chi connectivity index (χ1) is 11.6. The minimum absolute atomic E-state index is 0.0561. The fraction of sp³-hybridized carbons (Fsp3) is 0.889. The van der Waals surface area contributed by atoms with Crippen molar-refractivity contribution in [1.82, 2.24) is 16.0 Å². The number of carbonyl (C=O) groups is 2. The Morgan fingerprint density at radius 1 is 0.875 bits per heavy atom. The number of nitrogens with one attached hydrogen (secondary N) is 3. The third-order valence-corrected chi connectivity index (χ3v) is 6.05. The molecule has 3 fully saturated rings. The third kappa shape index (κ3) is 4.62. The highest BCUT2D eigenvalue weighted by molar-refractivity contribution is 5.84. The van der Waals surface area contributed by atoms with E-state index in [-0.39, 0.29) is 36.6 Å². The Kier molecular flexibility index (Phi) is 5.98. The van der Waals surface area contributed by atoms with Crippen LogP contribution in [0.4, 0.5) is 4.79 Å². The van der Waals surface area contributed by atoms with Crippen LogP contribution in [0.25, 0.3) is 0 Å². The van der Waals surface area contributed by atoms with Crippen LogP contribution in [0.1, 0.15) is 64.2 Å². The smallest absolute Gasteiger partial charge is 0.315 e. The van der Waals surface area contributed by atoms with Gasteiger partial charge in [0, 0.05) is 18.1 Å². The van der Waals surface area contributed by atoms with Crippen LogP contribution >= 0.6 is 0 Å². The summed E-state index contributed by atoms with van der Waals surface area (Å²) in [6.45, 7) is 0.0561. The molecule has 136 valence electrons. The molecule has 3 aliphatic rings. The molecule has 0 aromatic carbocycles. The highest BCUT2D eigenvalue weighted by atomic mass is 16.2. The number of carbonyl (C=O) groups excluding carboxylic acids is 2. The molecule has 0 heterocycles. The van der Waals surface area contributed by atoms with Crippen molar-refractivity contribution < 1.29 is 9.59 Å². The van der Waals surface area contributed by atoms with Crippen molar-refractivity contribution in [2.45, 2.75) is 82.3 Å². The van der Waals surface area contributed by atoms with Crippen LogP contribution in [0.2, 0.25) is 0 Å². The van der Waals surface area contributed by atoms with Crippen LogP contribution < -0.4 is 21.7 Å². The quantitative estimate of drug-likeness (QED) is 0.628. The zero-order valence-corrected chi connectivity index (χ0v) is 14.6. The van der Waals surface area contributed by atoms with Crippen molar-refractivity contribution in [3.63, 3.8) is 0 Å². The first-order valence-corrected chi connectivity index (χ1v) is 9.71. The van der Waals surface area contributed by atoms with Crippen molar-refractivity contribution in [2.24, 2.45) is 17.6 Å². The molecule has 3 rings (SSSR count). The van der Waals surface area contributed by atoms with Crippen LogP contribution in [-0.4, -0.2) is 36.6 Å². The Morgan fingerprint density at radius 2 is 1.54 bits per heavy atom. The van der Waals surface area contributed by atoms with Gasteiger partial charge in [0.2, 0.25) is 5.91 Å². The number of hydrogen-bond acceptors (Lipinski definition) is 3. The topological polar surface area (TPSA) is 96.2 Å². The molecule has 0 radical (unpaired) electrons. The maximum absolute atomic E-state index is 12.2. The summed E-state index contributed by atoms with van der Waals surface area (Å²) in [6, 6.07) is 0.575. The summed E-state index contributed by atoms with van der Waals surface area (Å²) in [5.74, 6) is 0.936. The van der Waals surface area contributed by atoms with Crippen molar-refractivity contribution in [2.75, 3.05) is 6.54 Å². The molecule has 3 saturated carbocycles. The van der Waals surface area contributed by atoms with Gasteiger partial charge in [-0.1, -0.05) is 25.7 Å². The summed E-state index contributed by atoms with van der Waals surface area (Å²) in [4.78, 5) is 24.2. The van der Waals surface area contributed by atoms with Gasteiger partial charge in [-0.25, -0.2) is 4.79 Å². The van der Waals surface area contributed by atoms with E-state index in [4.69, 9.17) is 5.73 Å². The van der Waals surface area contributed by atoms with Crippen molar-refractivity contribution in [3.05, 3.63) is 0 Å². The van der Waals surface area contributed by atoms with Crippen LogP contribution in [-0.2, 0) is 4.79 Å². The van der Waals surface area contributed by atoms with E-state index in [1.807, 2.05) is 0 Å². The molecule has 3 amide bonds. The van der Waals surface area contributed by atoms with Crippen LogP contribution in [0.5, 0.6) is 0 Å². The zero-order valence-electron chi connectivity index (χ0n) is 14.6. The predicted molar refractivity (Wildman–Crippen MR) is 93.4 cm³/mol. The van der Waals surface area contributed by atoms with Gasteiger partial charge in [0.15, 0.2) is 0 Å². The van der Waals surface area contributed by atoms with E-state index in [1.165, 1.54) is 25.7 Å². The Labute approximate surface area is 144 Å². The maximum Gasteiger partial charge on any atom is 0.315 e.